The third kappa shape index (κ3) is 3.91. The molecule has 0 amide bonds. The second-order valence-electron chi connectivity index (χ2n) is 7.59. The Hall–Kier alpha value is -4.41. The maximum absolute atomic E-state index is 11.7. The Balaban J connectivity index is 1.91. The average molecular weight is 463 g/mol. The lowest BCUT2D eigenvalue weighted by atomic mass is 10.0. The number of esters is 1. The number of hydrogen-bond acceptors (Lipinski definition) is 9. The molecule has 0 aliphatic carbocycles. The second kappa shape index (κ2) is 8.85. The number of nitrogens with two attached hydrogens (primary N) is 1. The fourth-order valence-corrected chi connectivity index (χ4v) is 3.86. The molecule has 3 aromatic heterocycles. The zero-order valence-corrected chi connectivity index (χ0v) is 19.7. The smallest absolute Gasteiger partial charge is 0.354 e. The van der Waals surface area contributed by atoms with Crippen LogP contribution in [0.1, 0.15) is 17.3 Å². The van der Waals surface area contributed by atoms with Gasteiger partial charge in [0.2, 0.25) is 0 Å². The van der Waals surface area contributed by atoms with Crippen LogP contribution in [0.5, 0.6) is 5.75 Å². The highest BCUT2D eigenvalue weighted by Crippen LogP contribution is 2.40. The van der Waals surface area contributed by atoms with Crippen molar-refractivity contribution in [3.8, 4) is 16.9 Å². The van der Waals surface area contributed by atoms with Gasteiger partial charge >= 0.3 is 5.97 Å². The lowest BCUT2D eigenvalue weighted by molar-refractivity contribution is -0.136. The fraction of sp³-hybridized carbons (Fsp3) is 0.261. The number of aliphatic imine (C=N–C) groups is 1. The molecule has 176 valence electrons. The summed E-state index contributed by atoms with van der Waals surface area (Å²) in [5.41, 5.74) is 9.65. The zero-order chi connectivity index (χ0) is 24.6. The molecule has 3 heterocycles. The lowest BCUT2D eigenvalue weighted by Gasteiger charge is -2.10. The van der Waals surface area contributed by atoms with Gasteiger partial charge in [0.1, 0.15) is 40.3 Å². The van der Waals surface area contributed by atoms with Crippen LogP contribution in [0.3, 0.4) is 0 Å². The Kier molecular flexibility index (Phi) is 5.93. The Morgan fingerprint density at radius 1 is 1.24 bits per heavy atom. The van der Waals surface area contributed by atoms with E-state index in [0.717, 1.165) is 33.1 Å². The molecule has 34 heavy (non-hydrogen) atoms. The number of rotatable bonds is 5. The van der Waals surface area contributed by atoms with E-state index in [4.69, 9.17) is 15.0 Å². The van der Waals surface area contributed by atoms with Crippen molar-refractivity contribution >= 4 is 39.6 Å². The van der Waals surface area contributed by atoms with Gasteiger partial charge in [-0.05, 0) is 32.9 Å². The molecule has 0 aliphatic rings. The van der Waals surface area contributed by atoms with E-state index in [9.17, 15) is 4.79 Å². The van der Waals surface area contributed by atoms with E-state index in [2.05, 4.69) is 35.2 Å². The number of aromatic amines is 1. The molecule has 4 aromatic rings. The first kappa shape index (κ1) is 22.8. The van der Waals surface area contributed by atoms with E-state index in [1.54, 1.807) is 21.1 Å². The van der Waals surface area contributed by atoms with Crippen LogP contribution in [-0.4, -0.2) is 53.2 Å². The number of benzene rings is 1. The molecule has 0 spiro atoms. The number of methoxy groups -OCH3 is 2. The molecule has 0 saturated heterocycles. The number of ether oxygens (including phenoxy) is 2. The van der Waals surface area contributed by atoms with Crippen LogP contribution in [0.2, 0.25) is 0 Å². The van der Waals surface area contributed by atoms with Crippen LogP contribution < -0.4 is 15.8 Å². The van der Waals surface area contributed by atoms with Crippen molar-refractivity contribution in [2.45, 2.75) is 20.8 Å². The first-order valence-electron chi connectivity index (χ1n) is 10.4. The Morgan fingerprint density at radius 3 is 2.62 bits per heavy atom. The summed E-state index contributed by atoms with van der Waals surface area (Å²) in [7, 11) is 4.44. The summed E-state index contributed by atoms with van der Waals surface area (Å²) in [6.45, 7) is 5.53. The van der Waals surface area contributed by atoms with Crippen LogP contribution in [0.4, 0.5) is 5.82 Å². The number of aryl methyl sites for hydroxylation is 3. The monoisotopic (exact) mass is 463 g/mol. The van der Waals surface area contributed by atoms with Gasteiger partial charge in [-0.15, -0.1) is 0 Å². The summed E-state index contributed by atoms with van der Waals surface area (Å²) in [5.74, 6) is 2.05. The average Bonchev–Trinajstić information content (AvgIpc) is 3.34. The van der Waals surface area contributed by atoms with Crippen molar-refractivity contribution < 1.29 is 18.8 Å². The van der Waals surface area contributed by atoms with Crippen LogP contribution in [-0.2, 0) is 9.53 Å². The second-order valence-corrected chi connectivity index (χ2v) is 7.59. The number of anilines is 1. The van der Waals surface area contributed by atoms with Crippen molar-refractivity contribution in [2.24, 2.45) is 10.7 Å². The Morgan fingerprint density at radius 2 is 2.00 bits per heavy atom. The predicted molar refractivity (Wildman–Crippen MR) is 129 cm³/mol. The number of nitrogens with zero attached hydrogens (tertiary/aromatic N) is 4. The van der Waals surface area contributed by atoms with Gasteiger partial charge in [-0.3, -0.25) is 4.99 Å². The van der Waals surface area contributed by atoms with Gasteiger partial charge in [-0.2, -0.15) is 0 Å². The van der Waals surface area contributed by atoms with Crippen molar-refractivity contribution in [1.29, 1.82) is 0 Å². The minimum Gasteiger partial charge on any atom is -0.496 e. The van der Waals surface area contributed by atoms with Crippen molar-refractivity contribution in [3.05, 3.63) is 41.2 Å². The molecule has 0 radical (unpaired) electrons. The summed E-state index contributed by atoms with van der Waals surface area (Å²) in [5, 5.41) is 8.78. The van der Waals surface area contributed by atoms with Crippen LogP contribution in [0.15, 0.2) is 33.4 Å². The number of carbonyl (C=O) groups excluding carboxylic acids is 1. The number of carbonyl (C=O) groups is 1. The van der Waals surface area contributed by atoms with Crippen LogP contribution in [0.25, 0.3) is 33.1 Å². The van der Waals surface area contributed by atoms with Gasteiger partial charge in [0.25, 0.3) is 0 Å². The largest absolute Gasteiger partial charge is 0.496 e. The lowest BCUT2D eigenvalue weighted by Crippen LogP contribution is -2.18. The third-order valence-electron chi connectivity index (χ3n) is 5.39. The first-order valence-corrected chi connectivity index (χ1v) is 10.4. The quantitative estimate of drug-likeness (QED) is 0.175. The summed E-state index contributed by atoms with van der Waals surface area (Å²) in [6.07, 6.45) is 1.39. The van der Waals surface area contributed by atoms with Crippen molar-refractivity contribution in [1.82, 2.24) is 20.1 Å². The number of hydrogen-bond donors (Lipinski definition) is 3. The molecule has 0 saturated carbocycles. The molecule has 0 bridgehead atoms. The highest BCUT2D eigenvalue weighted by molar-refractivity contribution is 6.17. The molecule has 4 rings (SSSR count). The molecule has 11 nitrogen and oxygen atoms in total. The standard InChI is InChI=1S/C23H25N7O4/c1-10-19(11(2)34-30-10)14-7-16-13(8-17(14)32-5)20-21(28-16)26-12(3)27-22(20)29-18(25-4)9-15(24)23(31)33-6/h7-9H,24H2,1-6H3,(H2,25,26,27,28,29). The van der Waals surface area contributed by atoms with Gasteiger partial charge in [0.15, 0.2) is 0 Å². The highest BCUT2D eigenvalue weighted by atomic mass is 16.5. The third-order valence-corrected chi connectivity index (χ3v) is 5.39. The molecule has 0 fully saturated rings. The van der Waals surface area contributed by atoms with Crippen LogP contribution >= 0.6 is 0 Å². The van der Waals surface area contributed by atoms with E-state index >= 15 is 0 Å². The van der Waals surface area contributed by atoms with Crippen molar-refractivity contribution in [2.75, 3.05) is 26.6 Å². The van der Waals surface area contributed by atoms with E-state index in [-0.39, 0.29) is 5.70 Å². The molecule has 4 N–H and O–H groups in total. The van der Waals surface area contributed by atoms with Gasteiger partial charge in [0.05, 0.1) is 30.9 Å². The summed E-state index contributed by atoms with van der Waals surface area (Å²) < 4.78 is 15.7. The molecular weight excluding hydrogens is 438 g/mol. The van der Waals surface area contributed by atoms with Gasteiger partial charge in [-0.25, -0.2) is 14.8 Å². The number of nitrogens with one attached hydrogen (secondary N) is 2. The molecular formula is C23H25N7O4. The summed E-state index contributed by atoms with van der Waals surface area (Å²) in [4.78, 5) is 28.4. The normalized spacial score (nSPS) is 12.4. The first-order chi connectivity index (χ1) is 16.3. The number of amidine groups is 1. The number of aromatic nitrogens is 4. The highest BCUT2D eigenvalue weighted by Gasteiger charge is 2.21. The Bertz CT molecular complexity index is 1460. The van der Waals surface area contributed by atoms with E-state index in [1.807, 2.05) is 26.0 Å². The number of fused-ring (bicyclic) bond motifs is 3. The topological polar surface area (TPSA) is 154 Å². The molecule has 11 heteroatoms. The van der Waals surface area contributed by atoms with Gasteiger partial charge < -0.3 is 30.0 Å². The van der Waals surface area contributed by atoms with E-state index in [1.165, 1.54) is 13.2 Å². The van der Waals surface area contributed by atoms with Gasteiger partial charge in [0, 0.05) is 29.6 Å². The minimum absolute atomic E-state index is 0.0951. The summed E-state index contributed by atoms with van der Waals surface area (Å²) in [6, 6.07) is 3.89. The van der Waals surface area contributed by atoms with Crippen molar-refractivity contribution in [3.63, 3.8) is 0 Å². The minimum atomic E-state index is -0.657. The molecule has 0 unspecified atom stereocenters. The maximum atomic E-state index is 11.7. The summed E-state index contributed by atoms with van der Waals surface area (Å²) >= 11 is 0. The van der Waals surface area contributed by atoms with E-state index in [0.29, 0.717) is 34.6 Å². The molecule has 0 aliphatic heterocycles. The van der Waals surface area contributed by atoms with Gasteiger partial charge in [-0.1, -0.05) is 5.16 Å². The molecule has 1 aromatic carbocycles. The molecule has 0 atom stereocenters. The van der Waals surface area contributed by atoms with E-state index < -0.39 is 5.97 Å². The number of H-pyrrole nitrogens is 1. The maximum Gasteiger partial charge on any atom is 0.354 e. The van der Waals surface area contributed by atoms with Crippen LogP contribution in [0, 0.1) is 20.8 Å². The zero-order valence-electron chi connectivity index (χ0n) is 19.7. The SMILES string of the molecule is CN=C(C=C(N)C(=O)OC)Nc1nc(C)nc2[nH]c3cc(-c4c(C)noc4C)c(OC)cc3c12. The fourth-order valence-electron chi connectivity index (χ4n) is 3.86. The predicted octanol–water partition coefficient (Wildman–Crippen LogP) is 3.16. The Labute approximate surface area is 195 Å².